The SMILES string of the molecule is CC(C)(Cn1cnc2c(C(=O)O)cccc21)C(N)=O. The smallest absolute Gasteiger partial charge is 0.337 e. The van der Waals surface area contributed by atoms with Crippen LogP contribution < -0.4 is 5.73 Å². The lowest BCUT2D eigenvalue weighted by Gasteiger charge is -2.21. The molecule has 6 nitrogen and oxygen atoms in total. The fourth-order valence-corrected chi connectivity index (χ4v) is 1.89. The quantitative estimate of drug-likeness (QED) is 0.865. The number of aromatic carboxylic acids is 1. The zero-order chi connectivity index (χ0) is 14.2. The summed E-state index contributed by atoms with van der Waals surface area (Å²) >= 11 is 0. The van der Waals surface area contributed by atoms with Crippen molar-refractivity contribution in [3.05, 3.63) is 30.1 Å². The van der Waals surface area contributed by atoms with Crippen molar-refractivity contribution in [3.8, 4) is 0 Å². The maximum Gasteiger partial charge on any atom is 0.337 e. The highest BCUT2D eigenvalue weighted by Gasteiger charge is 2.26. The van der Waals surface area contributed by atoms with Crippen LogP contribution in [-0.4, -0.2) is 26.5 Å². The zero-order valence-electron chi connectivity index (χ0n) is 10.8. The van der Waals surface area contributed by atoms with Crippen LogP contribution in [0, 0.1) is 5.41 Å². The van der Waals surface area contributed by atoms with Crippen LogP contribution in [0.3, 0.4) is 0 Å². The van der Waals surface area contributed by atoms with E-state index in [-0.39, 0.29) is 5.56 Å². The molecule has 0 aliphatic heterocycles. The molecule has 1 aromatic carbocycles. The molecule has 0 unspecified atom stereocenters. The van der Waals surface area contributed by atoms with Gasteiger partial charge in [-0.15, -0.1) is 0 Å². The highest BCUT2D eigenvalue weighted by Crippen LogP contribution is 2.23. The van der Waals surface area contributed by atoms with Gasteiger partial charge in [-0.2, -0.15) is 0 Å². The first-order chi connectivity index (χ1) is 8.83. The van der Waals surface area contributed by atoms with Crippen molar-refractivity contribution >= 4 is 22.9 Å². The number of imidazole rings is 1. The van der Waals surface area contributed by atoms with E-state index in [2.05, 4.69) is 4.98 Å². The maximum atomic E-state index is 11.4. The summed E-state index contributed by atoms with van der Waals surface area (Å²) in [6.07, 6.45) is 1.53. The predicted octanol–water partition coefficient (Wildman–Crippen LogP) is 1.25. The molecule has 3 N–H and O–H groups in total. The zero-order valence-corrected chi connectivity index (χ0v) is 10.8. The number of para-hydroxylation sites is 1. The molecule has 0 spiro atoms. The van der Waals surface area contributed by atoms with Gasteiger partial charge in [-0.1, -0.05) is 6.07 Å². The van der Waals surface area contributed by atoms with E-state index >= 15 is 0 Å². The molecule has 0 aliphatic carbocycles. The number of amides is 1. The molecule has 0 saturated carbocycles. The van der Waals surface area contributed by atoms with Crippen molar-refractivity contribution in [1.29, 1.82) is 0 Å². The van der Waals surface area contributed by atoms with Crippen LogP contribution in [0.25, 0.3) is 11.0 Å². The monoisotopic (exact) mass is 261 g/mol. The highest BCUT2D eigenvalue weighted by molar-refractivity contribution is 6.00. The Morgan fingerprint density at radius 1 is 1.42 bits per heavy atom. The fraction of sp³-hybridized carbons (Fsp3) is 0.308. The van der Waals surface area contributed by atoms with Gasteiger partial charge in [0.1, 0.15) is 5.52 Å². The number of carbonyl (C=O) groups excluding carboxylic acids is 1. The second-order valence-corrected chi connectivity index (χ2v) is 5.10. The fourth-order valence-electron chi connectivity index (χ4n) is 1.89. The number of carboxylic acids is 1. The van der Waals surface area contributed by atoms with Crippen molar-refractivity contribution in [1.82, 2.24) is 9.55 Å². The van der Waals surface area contributed by atoms with Crippen LogP contribution in [-0.2, 0) is 11.3 Å². The number of carbonyl (C=O) groups is 2. The van der Waals surface area contributed by atoms with E-state index in [4.69, 9.17) is 10.8 Å². The van der Waals surface area contributed by atoms with Crippen molar-refractivity contribution in [3.63, 3.8) is 0 Å². The van der Waals surface area contributed by atoms with Crippen molar-refractivity contribution in [2.45, 2.75) is 20.4 Å². The maximum absolute atomic E-state index is 11.4. The van der Waals surface area contributed by atoms with Gasteiger partial charge in [-0.3, -0.25) is 4.79 Å². The Bertz CT molecular complexity index is 658. The summed E-state index contributed by atoms with van der Waals surface area (Å²) in [7, 11) is 0. The van der Waals surface area contributed by atoms with E-state index in [0.29, 0.717) is 17.6 Å². The molecule has 0 saturated heterocycles. The summed E-state index contributed by atoms with van der Waals surface area (Å²) in [5, 5.41) is 9.09. The van der Waals surface area contributed by atoms with Crippen LogP contribution in [0.5, 0.6) is 0 Å². The number of hydrogen-bond donors (Lipinski definition) is 2. The van der Waals surface area contributed by atoms with E-state index in [0.717, 1.165) is 0 Å². The standard InChI is InChI=1S/C13H15N3O3/c1-13(2,12(14)19)6-16-7-15-10-8(11(17)18)4-3-5-9(10)16/h3-5,7H,6H2,1-2H3,(H2,14,19)(H,17,18). The topological polar surface area (TPSA) is 98.2 Å². The number of primary amides is 1. The number of carboxylic acid groups (broad SMARTS) is 1. The second kappa shape index (κ2) is 4.38. The van der Waals surface area contributed by atoms with Gasteiger partial charge in [-0.05, 0) is 26.0 Å². The van der Waals surface area contributed by atoms with Crippen LogP contribution in [0.2, 0.25) is 0 Å². The lowest BCUT2D eigenvalue weighted by atomic mass is 9.92. The van der Waals surface area contributed by atoms with E-state index in [1.54, 1.807) is 30.5 Å². The van der Waals surface area contributed by atoms with Gasteiger partial charge in [0.25, 0.3) is 0 Å². The third-order valence-corrected chi connectivity index (χ3v) is 3.11. The molecule has 100 valence electrons. The van der Waals surface area contributed by atoms with Gasteiger partial charge < -0.3 is 15.4 Å². The summed E-state index contributed by atoms with van der Waals surface area (Å²) in [6.45, 7) is 3.83. The summed E-state index contributed by atoms with van der Waals surface area (Å²) < 4.78 is 1.74. The number of nitrogens with zero attached hydrogens (tertiary/aromatic N) is 2. The first kappa shape index (κ1) is 13.1. The summed E-state index contributed by atoms with van der Waals surface area (Å²) in [5.41, 5.74) is 5.85. The van der Waals surface area contributed by atoms with Gasteiger partial charge in [0, 0.05) is 6.54 Å². The molecule has 2 rings (SSSR count). The Kier molecular flexibility index (Phi) is 3.01. The largest absolute Gasteiger partial charge is 0.478 e. The summed E-state index contributed by atoms with van der Waals surface area (Å²) in [5.74, 6) is -1.44. The molecule has 2 aromatic rings. The third kappa shape index (κ3) is 2.29. The van der Waals surface area contributed by atoms with Gasteiger partial charge in [-0.25, -0.2) is 9.78 Å². The Labute approximate surface area is 109 Å². The van der Waals surface area contributed by atoms with E-state index < -0.39 is 17.3 Å². The first-order valence-electron chi connectivity index (χ1n) is 5.80. The second-order valence-electron chi connectivity index (χ2n) is 5.10. The molecule has 1 amide bonds. The van der Waals surface area contributed by atoms with Gasteiger partial charge in [0.2, 0.25) is 5.91 Å². The third-order valence-electron chi connectivity index (χ3n) is 3.11. The molecule has 0 bridgehead atoms. The normalized spacial score (nSPS) is 11.7. The number of benzene rings is 1. The average Bonchev–Trinajstić information content (AvgIpc) is 2.71. The molecule has 6 heteroatoms. The van der Waals surface area contributed by atoms with Gasteiger partial charge in [0.15, 0.2) is 0 Å². The van der Waals surface area contributed by atoms with E-state index in [1.807, 2.05) is 0 Å². The van der Waals surface area contributed by atoms with Gasteiger partial charge in [0.05, 0.1) is 22.8 Å². The molecule has 1 aromatic heterocycles. The molecular weight excluding hydrogens is 246 g/mol. The lowest BCUT2D eigenvalue weighted by molar-refractivity contribution is -0.126. The number of rotatable bonds is 4. The Hall–Kier alpha value is -2.37. The minimum atomic E-state index is -1.02. The first-order valence-corrected chi connectivity index (χ1v) is 5.80. The van der Waals surface area contributed by atoms with Crippen LogP contribution >= 0.6 is 0 Å². The molecule has 19 heavy (non-hydrogen) atoms. The van der Waals surface area contributed by atoms with Gasteiger partial charge >= 0.3 is 5.97 Å². The minimum absolute atomic E-state index is 0.146. The van der Waals surface area contributed by atoms with E-state index in [9.17, 15) is 9.59 Å². The van der Waals surface area contributed by atoms with Crippen molar-refractivity contribution in [2.24, 2.45) is 11.1 Å². The number of aromatic nitrogens is 2. The molecule has 0 aliphatic rings. The highest BCUT2D eigenvalue weighted by atomic mass is 16.4. The molecular formula is C13H15N3O3. The number of fused-ring (bicyclic) bond motifs is 1. The number of nitrogens with two attached hydrogens (primary N) is 1. The van der Waals surface area contributed by atoms with Crippen molar-refractivity contribution < 1.29 is 14.7 Å². The Balaban J connectivity index is 2.50. The Morgan fingerprint density at radius 2 is 2.11 bits per heavy atom. The summed E-state index contributed by atoms with van der Waals surface area (Å²) in [6, 6.07) is 4.92. The Morgan fingerprint density at radius 3 is 2.68 bits per heavy atom. The molecule has 0 atom stereocenters. The molecule has 1 heterocycles. The predicted molar refractivity (Wildman–Crippen MR) is 69.7 cm³/mol. The minimum Gasteiger partial charge on any atom is -0.478 e. The average molecular weight is 261 g/mol. The van der Waals surface area contributed by atoms with Crippen LogP contribution in [0.15, 0.2) is 24.5 Å². The number of hydrogen-bond acceptors (Lipinski definition) is 3. The van der Waals surface area contributed by atoms with Crippen LogP contribution in [0.1, 0.15) is 24.2 Å². The lowest BCUT2D eigenvalue weighted by Crippen LogP contribution is -2.35. The molecule has 0 fully saturated rings. The van der Waals surface area contributed by atoms with Crippen molar-refractivity contribution in [2.75, 3.05) is 0 Å². The van der Waals surface area contributed by atoms with E-state index in [1.165, 1.54) is 12.4 Å². The molecule has 0 radical (unpaired) electrons. The van der Waals surface area contributed by atoms with Crippen LogP contribution in [0.4, 0.5) is 0 Å². The summed E-state index contributed by atoms with van der Waals surface area (Å²) in [4.78, 5) is 26.6.